The van der Waals surface area contributed by atoms with Crippen LogP contribution in [-0.2, 0) is 0 Å². The summed E-state index contributed by atoms with van der Waals surface area (Å²) in [4.78, 5) is 0. The maximum atomic E-state index is 11.6. The first kappa shape index (κ1) is 3.80. The van der Waals surface area contributed by atoms with E-state index in [2.05, 4.69) is 0 Å². The molecular formula is H4B2F2P2. The van der Waals surface area contributed by atoms with Gasteiger partial charge in [-0.2, -0.15) is 0 Å². The molecule has 0 N–H and O–H groups in total. The van der Waals surface area contributed by atoms with Crippen LogP contribution in [0.2, 0.25) is 0 Å². The normalized spacial score (nSPS) is 23.0. The van der Waals surface area contributed by atoms with Gasteiger partial charge in [-0.05, 0) is 0 Å². The minimum atomic E-state index is -2.23. The zero-order chi connectivity index (χ0) is 6.57. The van der Waals surface area contributed by atoms with Gasteiger partial charge in [0.25, 0.3) is 0 Å². The van der Waals surface area contributed by atoms with Gasteiger partial charge in [0.2, 0.25) is 0 Å². The lowest BCUT2D eigenvalue weighted by Gasteiger charge is -1.75. The molecule has 0 saturated heterocycles. The Bertz CT molecular complexity index is 52.0. The molecule has 34 valence electrons. The van der Waals surface area contributed by atoms with Crippen LogP contribution in [0, 0.1) is 0 Å². The molecular weight excluding hydrogens is 122 g/mol. The predicted octanol–water partition coefficient (Wildman–Crippen LogP) is 0.730. The summed E-state index contributed by atoms with van der Waals surface area (Å²) in [5, 5.41) is 0. The Labute approximate surface area is 43.2 Å². The highest BCUT2D eigenvalue weighted by atomic mass is 31.1. The van der Waals surface area contributed by atoms with Crippen LogP contribution < -0.4 is 0 Å². The molecule has 2 atom stereocenters. The minimum absolute atomic E-state index is 0.0823. The molecule has 0 aromatic carbocycles. The smallest absolute Gasteiger partial charge is 0.164 e. The van der Waals surface area contributed by atoms with E-state index in [0.29, 0.717) is 0 Å². The Kier molecular flexibility index (Phi) is 3.71. The van der Waals surface area contributed by atoms with Crippen LogP contribution in [0.4, 0.5) is 8.39 Å². The van der Waals surface area contributed by atoms with Gasteiger partial charge in [0.05, 0.1) is 2.56 Å². The van der Waals surface area contributed by atoms with E-state index < -0.39 is 17.4 Å². The predicted molar refractivity (Wildman–Crippen MR) is 33.1 cm³/mol. The van der Waals surface area contributed by atoms with Crippen molar-refractivity contribution in [3.63, 3.8) is 0 Å². The Hall–Kier alpha value is 0.850. The fraction of sp³-hybridized carbons (Fsp3) is 0. The lowest BCUT2D eigenvalue weighted by atomic mass is 9.76. The van der Waals surface area contributed by atoms with Crippen molar-refractivity contribution in [3.05, 3.63) is 0 Å². The summed E-state index contributed by atoms with van der Waals surface area (Å²) in [6.07, 6.45) is 0. The Morgan fingerprint density at radius 2 is 1.67 bits per heavy atom. The summed E-state index contributed by atoms with van der Waals surface area (Å²) in [5.41, 5.74) is 0. The molecule has 0 aliphatic rings. The molecule has 0 spiro atoms. The van der Waals surface area contributed by atoms with Crippen molar-refractivity contribution in [2.45, 2.75) is 0 Å². The van der Waals surface area contributed by atoms with Crippen molar-refractivity contribution in [3.8, 4) is 0 Å². The molecule has 0 aliphatic carbocycles. The summed E-state index contributed by atoms with van der Waals surface area (Å²) in [6, 6.07) is 0. The fourth-order valence-corrected chi connectivity index (χ4v) is 0.680. The van der Waals surface area contributed by atoms with Gasteiger partial charge in [0.1, 0.15) is 0 Å². The summed E-state index contributed by atoms with van der Waals surface area (Å²) in [6.45, 7) is -0.165. The largest absolute Gasteiger partial charge is 0.243 e. The quantitative estimate of drug-likeness (QED) is 0.390. The minimum Gasteiger partial charge on any atom is -0.243 e. The zero-order valence-corrected chi connectivity index (χ0v) is 4.85. The van der Waals surface area contributed by atoms with Crippen LogP contribution in [0.1, 0.15) is 0 Å². The Balaban J connectivity index is 2.93. The van der Waals surface area contributed by atoms with Gasteiger partial charge in [-0.15, -0.1) is 0 Å². The van der Waals surface area contributed by atoms with E-state index in [9.17, 15) is 8.39 Å². The molecule has 0 nitrogen and oxygen atoms in total. The number of halogens is 2. The highest BCUT2D eigenvalue weighted by Crippen LogP contribution is 2.12. The molecule has 6 heavy (non-hydrogen) atoms. The second-order valence-electron chi connectivity index (χ2n) is 0.686. The third-order valence-corrected chi connectivity index (χ3v) is 1.41. The van der Waals surface area contributed by atoms with Crippen molar-refractivity contribution in [1.29, 1.82) is 2.56 Å². The van der Waals surface area contributed by atoms with E-state index in [4.69, 9.17) is 2.56 Å². The molecule has 0 aromatic heterocycles. The molecule has 0 aliphatic heterocycles. The van der Waals surface area contributed by atoms with Crippen LogP contribution in [0.15, 0.2) is 0 Å². The van der Waals surface area contributed by atoms with E-state index in [-0.39, 0.29) is 13.8 Å². The van der Waals surface area contributed by atoms with Crippen molar-refractivity contribution >= 4 is 31.2 Å². The second-order valence-corrected chi connectivity index (χ2v) is 2.06. The van der Waals surface area contributed by atoms with Crippen molar-refractivity contribution in [2.24, 2.45) is 0 Å². The second kappa shape index (κ2) is 5.85. The van der Waals surface area contributed by atoms with Gasteiger partial charge in [-0.1, -0.05) is 0 Å². The van der Waals surface area contributed by atoms with Gasteiger partial charge in [0, 0.05) is 17.4 Å². The topological polar surface area (TPSA) is 0 Å². The Morgan fingerprint density at radius 1 is 1.33 bits per heavy atom. The molecule has 0 aromatic rings. The highest BCUT2D eigenvalue weighted by Gasteiger charge is 1.88. The van der Waals surface area contributed by atoms with Gasteiger partial charge in [-0.3, -0.25) is 0 Å². The Morgan fingerprint density at radius 3 is 1.83 bits per heavy atom. The summed E-state index contributed by atoms with van der Waals surface area (Å²) in [5.74, 6) is 0. The summed E-state index contributed by atoms with van der Waals surface area (Å²) in [7, 11) is -4.45. The van der Waals surface area contributed by atoms with Crippen molar-refractivity contribution in [1.82, 2.24) is 0 Å². The van der Waals surface area contributed by atoms with Gasteiger partial charge in [0.15, 0.2) is 13.8 Å². The van der Waals surface area contributed by atoms with E-state index in [1.165, 1.54) is 0 Å². The van der Waals surface area contributed by atoms with Crippen molar-refractivity contribution in [2.75, 3.05) is 0 Å². The van der Waals surface area contributed by atoms with Crippen LogP contribution >= 0.6 is 17.4 Å². The molecule has 0 amide bonds. The first-order chi connectivity index (χ1) is 3.63. The third kappa shape index (κ3) is 4.85. The first-order valence-electron chi connectivity index (χ1n) is 2.36. The van der Waals surface area contributed by atoms with E-state index in [0.717, 1.165) is 0 Å². The molecule has 0 fully saturated rings. The van der Waals surface area contributed by atoms with Gasteiger partial charge >= 0.3 is 0 Å². The number of hydrogen-bond donors (Lipinski definition) is 0. The monoisotopic (exact) mass is 130 g/mol. The zero-order valence-electron chi connectivity index (χ0n) is 5.06. The standard InChI is InChI=1S/B2F2H4P2/c3-5-1-2-6-4/h1-2,5-6H/i5T,6T. The summed E-state index contributed by atoms with van der Waals surface area (Å²) >= 11 is 0. The maximum absolute atomic E-state index is 11.6. The van der Waals surface area contributed by atoms with Gasteiger partial charge < -0.3 is 0 Å². The average Bonchev–Trinajstić information content (AvgIpc) is 1.61. The highest BCUT2D eigenvalue weighted by molar-refractivity contribution is 7.92. The molecule has 2 unspecified atom stereocenters. The van der Waals surface area contributed by atoms with Crippen molar-refractivity contribution < 1.29 is 8.39 Å². The van der Waals surface area contributed by atoms with Crippen LogP contribution in [0.5, 0.6) is 0 Å². The van der Waals surface area contributed by atoms with Crippen LogP contribution in [0.3, 0.4) is 0 Å². The van der Waals surface area contributed by atoms with E-state index >= 15 is 0 Å². The lowest BCUT2D eigenvalue weighted by Crippen LogP contribution is -1.83. The molecule has 0 radical (unpaired) electrons. The lowest BCUT2D eigenvalue weighted by molar-refractivity contribution is 0.933. The summed E-state index contributed by atoms with van der Waals surface area (Å²) < 4.78 is 35.8. The molecule has 0 saturated carbocycles. The molecule has 6 heteroatoms. The molecule has 0 bridgehead atoms. The third-order valence-electron chi connectivity index (χ3n) is 0.269. The van der Waals surface area contributed by atoms with E-state index in [1.807, 2.05) is 0 Å². The van der Waals surface area contributed by atoms with Gasteiger partial charge in [-0.25, -0.2) is 8.39 Å². The van der Waals surface area contributed by atoms with Crippen LogP contribution in [-0.4, -0.2) is 16.3 Å². The van der Waals surface area contributed by atoms with E-state index in [1.54, 1.807) is 0 Å². The number of rotatable bonds is 3. The SMILES string of the molecule is [3H]P(F)BBP([3H])F. The molecule has 0 rings (SSSR count). The first-order valence-corrected chi connectivity index (χ1v) is 3.41. The maximum Gasteiger partial charge on any atom is 0.164 e. The molecule has 0 heterocycles. The number of hydrogen-bond acceptors (Lipinski definition) is 0. The average molecular weight is 130 g/mol. The fourth-order valence-electron chi connectivity index (χ4n) is 0.0756. The van der Waals surface area contributed by atoms with Crippen LogP contribution in [0.25, 0.3) is 0 Å².